The van der Waals surface area contributed by atoms with E-state index in [2.05, 4.69) is 20.0 Å². The number of alkyl halides is 3. The third kappa shape index (κ3) is 4.05. The van der Waals surface area contributed by atoms with Crippen molar-refractivity contribution in [3.05, 3.63) is 59.8 Å². The molecule has 0 amide bonds. The van der Waals surface area contributed by atoms with E-state index in [9.17, 15) is 22.4 Å². The van der Waals surface area contributed by atoms with Gasteiger partial charge in [-0.3, -0.25) is 0 Å². The first-order chi connectivity index (χ1) is 12.8. The van der Waals surface area contributed by atoms with Gasteiger partial charge >= 0.3 is 12.1 Å². The van der Waals surface area contributed by atoms with Crippen LogP contribution in [-0.4, -0.2) is 23.0 Å². The SMILES string of the molecule is COC(=O)c1ccc(Nc2ncc(-c3ccc(C(F)(F)F)c(F)c3)o2)cn1. The molecule has 0 bridgehead atoms. The Balaban J connectivity index is 1.77. The molecule has 0 aliphatic rings. The van der Waals surface area contributed by atoms with E-state index < -0.39 is 23.5 Å². The van der Waals surface area contributed by atoms with E-state index in [1.807, 2.05) is 0 Å². The van der Waals surface area contributed by atoms with E-state index in [-0.39, 0.29) is 23.0 Å². The molecule has 27 heavy (non-hydrogen) atoms. The van der Waals surface area contributed by atoms with Gasteiger partial charge in [-0.2, -0.15) is 13.2 Å². The lowest BCUT2D eigenvalue weighted by atomic mass is 10.1. The lowest BCUT2D eigenvalue weighted by Crippen LogP contribution is -2.07. The number of ether oxygens (including phenoxy) is 1. The van der Waals surface area contributed by atoms with Crippen LogP contribution in [0.2, 0.25) is 0 Å². The fourth-order valence-electron chi connectivity index (χ4n) is 2.18. The molecule has 0 saturated carbocycles. The highest BCUT2D eigenvalue weighted by atomic mass is 19.4. The van der Waals surface area contributed by atoms with Crippen LogP contribution in [0.4, 0.5) is 29.3 Å². The normalized spacial score (nSPS) is 11.3. The first-order valence-corrected chi connectivity index (χ1v) is 7.42. The Morgan fingerprint density at radius 1 is 1.15 bits per heavy atom. The highest BCUT2D eigenvalue weighted by Gasteiger charge is 2.34. The number of esters is 1. The predicted octanol–water partition coefficient (Wildman–Crippen LogP) is 4.42. The molecule has 3 rings (SSSR count). The number of halogens is 4. The first-order valence-electron chi connectivity index (χ1n) is 7.42. The number of benzene rings is 1. The average molecular weight is 381 g/mol. The van der Waals surface area contributed by atoms with Crippen molar-refractivity contribution in [2.24, 2.45) is 0 Å². The van der Waals surface area contributed by atoms with Crippen LogP contribution < -0.4 is 5.32 Å². The number of anilines is 2. The molecule has 3 aromatic rings. The van der Waals surface area contributed by atoms with E-state index in [0.29, 0.717) is 11.8 Å². The maximum Gasteiger partial charge on any atom is 0.419 e. The summed E-state index contributed by atoms with van der Waals surface area (Å²) in [5, 5.41) is 2.76. The third-order valence-corrected chi connectivity index (χ3v) is 3.47. The molecule has 0 fully saturated rings. The summed E-state index contributed by atoms with van der Waals surface area (Å²) in [4.78, 5) is 19.1. The van der Waals surface area contributed by atoms with Crippen molar-refractivity contribution in [2.75, 3.05) is 12.4 Å². The Hall–Kier alpha value is -3.43. The Bertz CT molecular complexity index is 968. The Morgan fingerprint density at radius 3 is 2.52 bits per heavy atom. The predicted molar refractivity (Wildman–Crippen MR) is 85.8 cm³/mol. The number of carbonyl (C=O) groups is 1. The van der Waals surface area contributed by atoms with Gasteiger partial charge in [-0.25, -0.2) is 19.2 Å². The van der Waals surface area contributed by atoms with Gasteiger partial charge in [0.25, 0.3) is 6.01 Å². The van der Waals surface area contributed by atoms with Crippen molar-refractivity contribution >= 4 is 17.7 Å². The summed E-state index contributed by atoms with van der Waals surface area (Å²) in [7, 11) is 1.23. The minimum atomic E-state index is -4.78. The molecule has 6 nitrogen and oxygen atoms in total. The molecule has 2 heterocycles. The summed E-state index contributed by atoms with van der Waals surface area (Å²) in [6.07, 6.45) is -2.20. The molecular weight excluding hydrogens is 370 g/mol. The van der Waals surface area contributed by atoms with Gasteiger partial charge in [0.05, 0.1) is 30.8 Å². The second-order valence-corrected chi connectivity index (χ2v) is 5.27. The minimum Gasteiger partial charge on any atom is -0.464 e. The molecule has 0 spiro atoms. The Kier molecular flexibility index (Phi) is 4.80. The van der Waals surface area contributed by atoms with Crippen LogP contribution in [0.3, 0.4) is 0 Å². The largest absolute Gasteiger partial charge is 0.464 e. The number of methoxy groups -OCH3 is 1. The molecule has 1 N–H and O–H groups in total. The number of aromatic nitrogens is 2. The molecular formula is C17H11F4N3O3. The van der Waals surface area contributed by atoms with Gasteiger partial charge in [0.2, 0.25) is 0 Å². The summed E-state index contributed by atoms with van der Waals surface area (Å²) < 4.78 is 61.4. The van der Waals surface area contributed by atoms with Crippen molar-refractivity contribution < 1.29 is 31.5 Å². The standard InChI is InChI=1S/C17H11F4N3O3/c1-26-15(25)13-5-3-10(7-22-13)24-16-23-8-14(27-16)9-2-4-11(12(18)6-9)17(19,20)21/h2-8H,1H3,(H,23,24). The number of carbonyl (C=O) groups excluding carboxylic acids is 1. The van der Waals surface area contributed by atoms with E-state index in [4.69, 9.17) is 4.42 Å². The van der Waals surface area contributed by atoms with Gasteiger partial charge in [-0.15, -0.1) is 0 Å². The van der Waals surface area contributed by atoms with E-state index >= 15 is 0 Å². The zero-order valence-electron chi connectivity index (χ0n) is 13.7. The van der Waals surface area contributed by atoms with E-state index in [1.165, 1.54) is 31.6 Å². The van der Waals surface area contributed by atoms with Gasteiger partial charge in [0, 0.05) is 5.56 Å². The molecule has 0 saturated heterocycles. The van der Waals surface area contributed by atoms with Crippen LogP contribution in [0.15, 0.2) is 47.1 Å². The summed E-state index contributed by atoms with van der Waals surface area (Å²) >= 11 is 0. The maximum absolute atomic E-state index is 13.7. The Labute approximate surface area is 149 Å². The fourth-order valence-corrected chi connectivity index (χ4v) is 2.18. The molecule has 0 aliphatic carbocycles. The van der Waals surface area contributed by atoms with Crippen molar-refractivity contribution in [3.63, 3.8) is 0 Å². The monoisotopic (exact) mass is 381 g/mol. The fraction of sp³-hybridized carbons (Fsp3) is 0.118. The van der Waals surface area contributed by atoms with Gasteiger partial charge in [-0.1, -0.05) is 6.07 Å². The average Bonchev–Trinajstić information content (AvgIpc) is 3.09. The summed E-state index contributed by atoms with van der Waals surface area (Å²) in [5.41, 5.74) is -0.716. The number of nitrogens with zero attached hydrogens (tertiary/aromatic N) is 2. The summed E-state index contributed by atoms with van der Waals surface area (Å²) in [6.45, 7) is 0. The molecule has 0 atom stereocenters. The van der Waals surface area contributed by atoms with Gasteiger partial charge in [0.15, 0.2) is 5.76 Å². The van der Waals surface area contributed by atoms with Crippen LogP contribution in [0.1, 0.15) is 16.1 Å². The van der Waals surface area contributed by atoms with E-state index in [0.717, 1.165) is 12.1 Å². The molecule has 1 aromatic carbocycles. The van der Waals surface area contributed by atoms with Gasteiger partial charge in [0.1, 0.15) is 11.5 Å². The zero-order chi connectivity index (χ0) is 19.6. The highest BCUT2D eigenvalue weighted by molar-refractivity contribution is 5.87. The lowest BCUT2D eigenvalue weighted by Gasteiger charge is -2.08. The third-order valence-electron chi connectivity index (χ3n) is 3.47. The Morgan fingerprint density at radius 2 is 1.93 bits per heavy atom. The van der Waals surface area contributed by atoms with E-state index in [1.54, 1.807) is 0 Å². The topological polar surface area (TPSA) is 77.2 Å². The van der Waals surface area contributed by atoms with Crippen LogP contribution in [0.25, 0.3) is 11.3 Å². The van der Waals surface area contributed by atoms with Crippen LogP contribution in [-0.2, 0) is 10.9 Å². The molecule has 140 valence electrons. The van der Waals surface area contributed by atoms with Crippen LogP contribution in [0.5, 0.6) is 0 Å². The minimum absolute atomic E-state index is 0.0120. The molecule has 2 aromatic heterocycles. The number of hydrogen-bond donors (Lipinski definition) is 1. The highest BCUT2D eigenvalue weighted by Crippen LogP contribution is 2.34. The summed E-state index contributed by atoms with van der Waals surface area (Å²) in [5.74, 6) is -1.93. The molecule has 0 radical (unpaired) electrons. The van der Waals surface area contributed by atoms with Crippen molar-refractivity contribution in [2.45, 2.75) is 6.18 Å². The van der Waals surface area contributed by atoms with Gasteiger partial charge in [-0.05, 0) is 24.3 Å². The maximum atomic E-state index is 13.7. The van der Waals surface area contributed by atoms with Crippen LogP contribution >= 0.6 is 0 Å². The lowest BCUT2D eigenvalue weighted by molar-refractivity contribution is -0.139. The smallest absolute Gasteiger partial charge is 0.419 e. The quantitative estimate of drug-likeness (QED) is 0.532. The number of nitrogens with one attached hydrogen (secondary N) is 1. The molecule has 0 aliphatic heterocycles. The number of rotatable bonds is 4. The number of pyridine rings is 1. The second kappa shape index (κ2) is 7.06. The first kappa shape index (κ1) is 18.4. The van der Waals surface area contributed by atoms with Crippen LogP contribution in [0, 0.1) is 5.82 Å². The molecule has 10 heteroatoms. The van der Waals surface area contributed by atoms with Gasteiger partial charge < -0.3 is 14.5 Å². The molecule has 0 unspecified atom stereocenters. The van der Waals surface area contributed by atoms with Crippen molar-refractivity contribution in [1.82, 2.24) is 9.97 Å². The zero-order valence-corrected chi connectivity index (χ0v) is 13.7. The summed E-state index contributed by atoms with van der Waals surface area (Å²) in [6, 6.07) is 5.40. The van der Waals surface area contributed by atoms with Crippen molar-refractivity contribution in [1.29, 1.82) is 0 Å². The number of oxazole rings is 1. The van der Waals surface area contributed by atoms with Crippen molar-refractivity contribution in [3.8, 4) is 11.3 Å². The second-order valence-electron chi connectivity index (χ2n) is 5.27. The number of hydrogen-bond acceptors (Lipinski definition) is 6.